The van der Waals surface area contributed by atoms with Gasteiger partial charge in [-0.15, -0.1) is 0 Å². The minimum atomic E-state index is -0.529. The molecule has 0 saturated carbocycles. The molecule has 2 aromatic carbocycles. The molecule has 0 heterocycles. The first-order valence-electron chi connectivity index (χ1n) is 29.1. The molecule has 0 unspecified atom stereocenters. The lowest BCUT2D eigenvalue weighted by Crippen LogP contribution is -2.51. The lowest BCUT2D eigenvalue weighted by Gasteiger charge is -2.32. The van der Waals surface area contributed by atoms with Crippen LogP contribution in [0.1, 0.15) is 140 Å². The SMILES string of the molecule is CC(=O)CN(Cc1ccccc1)C(=O)CN(CCCCN)C(=O)CN(Cc1ccccc1)C(=O)CN(CCCCN)C(=O)CN(CCCCN)C(=O)CN(CCCCN)C(=O)CCCCCCC(=O)CCCCCNC(=O)CCS. The van der Waals surface area contributed by atoms with E-state index >= 15 is 0 Å². The molecule has 2 aromatic rings. The lowest BCUT2D eigenvalue weighted by atomic mass is 10.0. The van der Waals surface area contributed by atoms with E-state index in [9.17, 15) is 43.2 Å². The van der Waals surface area contributed by atoms with Crippen LogP contribution in [0, 0.1) is 0 Å². The largest absolute Gasteiger partial charge is 0.356 e. The molecule has 9 N–H and O–H groups in total. The van der Waals surface area contributed by atoms with Crippen molar-refractivity contribution < 1.29 is 43.2 Å². The van der Waals surface area contributed by atoms with E-state index in [4.69, 9.17) is 22.9 Å². The van der Waals surface area contributed by atoms with Gasteiger partial charge in [0.15, 0.2) is 0 Å². The third-order valence-electron chi connectivity index (χ3n) is 13.5. The maximum atomic E-state index is 14.7. The molecular weight excluding hydrogens is 1040 g/mol. The zero-order valence-corrected chi connectivity index (χ0v) is 48.9. The summed E-state index contributed by atoms with van der Waals surface area (Å²) in [6, 6.07) is 18.4. The quantitative estimate of drug-likeness (QED) is 0.0407. The summed E-state index contributed by atoms with van der Waals surface area (Å²) in [5.74, 6) is -2.08. The van der Waals surface area contributed by atoms with Crippen molar-refractivity contribution in [2.75, 3.05) is 104 Å². The van der Waals surface area contributed by atoms with Crippen LogP contribution in [0.15, 0.2) is 60.7 Å². The number of carbonyl (C=O) groups is 9. The number of thiol groups is 1. The molecule has 2 rings (SSSR count). The lowest BCUT2D eigenvalue weighted by molar-refractivity contribution is -0.148. The van der Waals surface area contributed by atoms with E-state index in [1.165, 1.54) is 36.3 Å². The minimum Gasteiger partial charge on any atom is -0.356 e. The van der Waals surface area contributed by atoms with Gasteiger partial charge in [-0.1, -0.05) is 79.9 Å². The molecule has 0 saturated heterocycles. The Kier molecular flexibility index (Phi) is 38.7. The highest BCUT2D eigenvalue weighted by Crippen LogP contribution is 2.14. The summed E-state index contributed by atoms with van der Waals surface area (Å²) in [5, 5.41) is 2.85. The smallest absolute Gasteiger partial charge is 0.242 e. The molecule has 0 aliphatic carbocycles. The predicted molar refractivity (Wildman–Crippen MR) is 317 cm³/mol. The van der Waals surface area contributed by atoms with Crippen molar-refractivity contribution in [2.45, 2.75) is 142 Å². The van der Waals surface area contributed by atoms with E-state index in [1.54, 1.807) is 0 Å². The first-order valence-corrected chi connectivity index (χ1v) is 29.7. The number of ketones is 2. The highest BCUT2D eigenvalue weighted by Gasteiger charge is 2.30. The number of carbonyl (C=O) groups excluding carboxylic acids is 9. The Balaban J connectivity index is 2.26. The van der Waals surface area contributed by atoms with Crippen molar-refractivity contribution in [3.05, 3.63) is 71.8 Å². The molecule has 0 aliphatic heterocycles. The van der Waals surface area contributed by atoms with Crippen LogP contribution in [0.4, 0.5) is 0 Å². The normalized spacial score (nSPS) is 10.9. The molecular formula is C59H97N11O9S. The third kappa shape index (κ3) is 31.9. The summed E-state index contributed by atoms with van der Waals surface area (Å²) in [6.45, 7) is 2.55. The Hall–Kier alpha value is -5.74. The summed E-state index contributed by atoms with van der Waals surface area (Å²) in [5.41, 5.74) is 24.9. The number of nitrogens with one attached hydrogen (secondary N) is 1. The average Bonchev–Trinajstić information content (AvgIpc) is 3.44. The van der Waals surface area contributed by atoms with E-state index in [-0.39, 0.29) is 88.7 Å². The predicted octanol–water partition coefficient (Wildman–Crippen LogP) is 3.81. The second-order valence-corrected chi connectivity index (χ2v) is 21.0. The Bertz CT molecular complexity index is 2120. The van der Waals surface area contributed by atoms with Gasteiger partial charge in [-0.05, 0) is 127 Å². The molecule has 7 amide bonds. The standard InChI is InChI=1S/C59H97N11O9S/c1-49(71)41-69(42-50-23-7-4-8-24-50)58(78)46-68(39-22-17-34-63)57(77)48-70(43-51-25-9-5-10-26-51)59(79)47-67(38-21-16-33-62)56(76)45-66(37-20-15-32-61)55(75)44-65(36-19-14-31-60)54(74)29-13-3-2-11-27-52(72)28-12-6-18-35-64-53(73)30-40-80/h4-5,7-10,23-26,80H,2-3,6,11-22,27-48,60-63H2,1H3,(H,64,73). The fourth-order valence-electron chi connectivity index (χ4n) is 8.89. The fourth-order valence-corrected chi connectivity index (χ4v) is 9.09. The van der Waals surface area contributed by atoms with E-state index in [0.29, 0.717) is 122 Å². The van der Waals surface area contributed by atoms with Crippen molar-refractivity contribution >= 4 is 65.5 Å². The molecule has 20 nitrogen and oxygen atoms in total. The van der Waals surface area contributed by atoms with Crippen LogP contribution in [-0.4, -0.2) is 186 Å². The van der Waals surface area contributed by atoms with Gasteiger partial charge in [0.25, 0.3) is 0 Å². The Morgan fingerprint density at radius 3 is 1.10 bits per heavy atom. The van der Waals surface area contributed by atoms with Crippen molar-refractivity contribution in [2.24, 2.45) is 22.9 Å². The maximum Gasteiger partial charge on any atom is 0.242 e. The van der Waals surface area contributed by atoms with Gasteiger partial charge in [-0.3, -0.25) is 43.2 Å². The van der Waals surface area contributed by atoms with Crippen molar-refractivity contribution in [1.82, 2.24) is 34.7 Å². The molecule has 448 valence electrons. The topological polar surface area (TPSA) is 289 Å². The van der Waals surface area contributed by atoms with E-state index in [0.717, 1.165) is 49.7 Å². The van der Waals surface area contributed by atoms with Gasteiger partial charge in [0, 0.05) is 71.5 Å². The van der Waals surface area contributed by atoms with Crippen molar-refractivity contribution in [1.29, 1.82) is 0 Å². The number of amides is 7. The molecule has 0 aliphatic rings. The van der Waals surface area contributed by atoms with Crippen LogP contribution in [-0.2, 0) is 56.2 Å². The van der Waals surface area contributed by atoms with Crippen LogP contribution in [0.2, 0.25) is 0 Å². The van der Waals surface area contributed by atoms with E-state index < -0.39 is 42.6 Å². The summed E-state index contributed by atoms with van der Waals surface area (Å²) in [7, 11) is 0. The number of benzene rings is 2. The molecule has 0 aromatic heterocycles. The minimum absolute atomic E-state index is 0.0133. The van der Waals surface area contributed by atoms with Crippen LogP contribution < -0.4 is 28.3 Å². The van der Waals surface area contributed by atoms with Crippen LogP contribution in [0.25, 0.3) is 0 Å². The number of hydrogen-bond donors (Lipinski definition) is 6. The highest BCUT2D eigenvalue weighted by molar-refractivity contribution is 7.80. The molecule has 0 fully saturated rings. The highest BCUT2D eigenvalue weighted by atomic mass is 32.1. The number of hydrogen-bond acceptors (Lipinski definition) is 14. The summed E-state index contributed by atoms with van der Waals surface area (Å²) < 4.78 is 0. The molecule has 0 atom stereocenters. The summed E-state index contributed by atoms with van der Waals surface area (Å²) in [6.07, 6.45) is 11.3. The number of unbranched alkanes of at least 4 members (excludes halogenated alkanes) is 9. The molecule has 0 bridgehead atoms. The van der Waals surface area contributed by atoms with Crippen LogP contribution >= 0.6 is 12.6 Å². The van der Waals surface area contributed by atoms with Gasteiger partial charge in [0.05, 0.1) is 32.7 Å². The zero-order valence-electron chi connectivity index (χ0n) is 48.1. The van der Waals surface area contributed by atoms with E-state index in [1.807, 2.05) is 60.7 Å². The van der Waals surface area contributed by atoms with E-state index in [2.05, 4.69) is 17.9 Å². The molecule has 0 radical (unpaired) electrons. The van der Waals surface area contributed by atoms with Gasteiger partial charge in [0.1, 0.15) is 18.1 Å². The van der Waals surface area contributed by atoms with Gasteiger partial charge in [-0.25, -0.2) is 0 Å². The maximum absolute atomic E-state index is 14.7. The first kappa shape index (κ1) is 70.4. The third-order valence-corrected chi connectivity index (χ3v) is 13.7. The van der Waals surface area contributed by atoms with Gasteiger partial charge >= 0.3 is 0 Å². The first-order chi connectivity index (χ1) is 38.6. The zero-order chi connectivity index (χ0) is 58.8. The summed E-state index contributed by atoms with van der Waals surface area (Å²) in [4.78, 5) is 131. The average molecular weight is 1140 g/mol. The number of rotatable bonds is 47. The van der Waals surface area contributed by atoms with Crippen molar-refractivity contribution in [3.8, 4) is 0 Å². The number of nitrogens with two attached hydrogens (primary N) is 4. The number of Topliss-reactive ketones (excluding diaryl/α,β-unsaturated/α-hetero) is 2. The van der Waals surface area contributed by atoms with Gasteiger partial charge in [0.2, 0.25) is 41.4 Å². The second kappa shape index (κ2) is 44.0. The summed E-state index contributed by atoms with van der Waals surface area (Å²) >= 11 is 4.07. The monoisotopic (exact) mass is 1140 g/mol. The fraction of sp³-hybridized carbons (Fsp3) is 0.644. The van der Waals surface area contributed by atoms with Crippen LogP contribution in [0.3, 0.4) is 0 Å². The Morgan fingerprint density at radius 1 is 0.388 bits per heavy atom. The second-order valence-electron chi connectivity index (χ2n) is 20.5. The van der Waals surface area contributed by atoms with Gasteiger partial charge < -0.3 is 57.7 Å². The molecule has 0 spiro atoms. The Labute approximate surface area is 482 Å². The van der Waals surface area contributed by atoms with Crippen molar-refractivity contribution in [3.63, 3.8) is 0 Å². The molecule has 80 heavy (non-hydrogen) atoms. The number of nitrogens with zero attached hydrogens (tertiary/aromatic N) is 6. The Morgan fingerprint density at radius 2 is 0.725 bits per heavy atom. The van der Waals surface area contributed by atoms with Gasteiger partial charge in [-0.2, -0.15) is 12.6 Å². The molecule has 21 heteroatoms. The van der Waals surface area contributed by atoms with Crippen LogP contribution in [0.5, 0.6) is 0 Å².